The molecule has 28 heavy (non-hydrogen) atoms. The topological polar surface area (TPSA) is 75.7 Å². The Labute approximate surface area is 163 Å². The van der Waals surface area contributed by atoms with E-state index < -0.39 is 17.8 Å². The van der Waals surface area contributed by atoms with Crippen molar-refractivity contribution in [2.45, 2.75) is 13.3 Å². The van der Waals surface area contributed by atoms with Crippen LogP contribution >= 0.6 is 0 Å². The number of carbonyl (C=O) groups excluding carboxylic acids is 3. The minimum absolute atomic E-state index is 0.106. The fraction of sp³-hybridized carbons (Fsp3) is 0.136. The average Bonchev–Trinajstić information content (AvgIpc) is 2.70. The third-order valence-corrected chi connectivity index (χ3v) is 4.27. The van der Waals surface area contributed by atoms with Crippen LogP contribution in [0.3, 0.4) is 0 Å². The Morgan fingerprint density at radius 1 is 1.07 bits per heavy atom. The number of aryl methyl sites for hydroxylation is 1. The van der Waals surface area contributed by atoms with Crippen molar-refractivity contribution >= 4 is 29.6 Å². The minimum atomic E-state index is -0.749. The maximum absolute atomic E-state index is 13.0. The summed E-state index contributed by atoms with van der Waals surface area (Å²) in [6.07, 6.45) is 3.75. The highest BCUT2D eigenvalue weighted by atomic mass is 16.5. The van der Waals surface area contributed by atoms with Crippen LogP contribution in [0.5, 0.6) is 5.75 Å². The molecule has 0 radical (unpaired) electrons. The summed E-state index contributed by atoms with van der Waals surface area (Å²) in [5.74, 6) is -0.719. The molecule has 6 nitrogen and oxygen atoms in total. The lowest BCUT2D eigenvalue weighted by atomic mass is 10.0. The lowest BCUT2D eigenvalue weighted by Crippen LogP contribution is -2.54. The molecular weight excluding hydrogens is 356 g/mol. The number of carbonyl (C=O) groups is 3. The Balaban J connectivity index is 1.93. The van der Waals surface area contributed by atoms with Crippen molar-refractivity contribution in [1.82, 2.24) is 5.32 Å². The van der Waals surface area contributed by atoms with Crippen LogP contribution in [0, 0.1) is 0 Å². The molecule has 3 rings (SSSR count). The molecule has 0 atom stereocenters. The van der Waals surface area contributed by atoms with Gasteiger partial charge in [0.15, 0.2) is 0 Å². The highest BCUT2D eigenvalue weighted by Gasteiger charge is 2.37. The molecular formula is C22H20N2O4. The van der Waals surface area contributed by atoms with Gasteiger partial charge in [-0.15, -0.1) is 0 Å². The number of benzene rings is 2. The van der Waals surface area contributed by atoms with Crippen molar-refractivity contribution in [2.24, 2.45) is 0 Å². The molecule has 0 aliphatic carbocycles. The smallest absolute Gasteiger partial charge is 0.335 e. The molecule has 1 fully saturated rings. The monoisotopic (exact) mass is 376 g/mol. The molecule has 1 aliphatic rings. The Kier molecular flexibility index (Phi) is 5.69. The molecule has 0 saturated carbocycles. The first-order chi connectivity index (χ1) is 13.5. The van der Waals surface area contributed by atoms with E-state index in [1.54, 1.807) is 42.5 Å². The standard InChI is InChI=1S/C22H20N2O4/c1-3-13-28-17-11-9-15(10-12-17)14-18-20(25)23-22(27)24(21(18)26)19-8-6-5-7-16(19)4-2/h3,5-12,14H,1,4,13H2,2H3,(H,23,25,27)/b18-14-. The molecule has 1 saturated heterocycles. The maximum atomic E-state index is 13.0. The summed E-state index contributed by atoms with van der Waals surface area (Å²) in [4.78, 5) is 38.6. The number of hydrogen-bond donors (Lipinski definition) is 1. The van der Waals surface area contributed by atoms with E-state index in [4.69, 9.17) is 4.74 Å². The number of nitrogens with one attached hydrogen (secondary N) is 1. The van der Waals surface area contributed by atoms with Crippen LogP contribution < -0.4 is 15.0 Å². The number of imide groups is 2. The van der Waals surface area contributed by atoms with Crippen molar-refractivity contribution in [3.63, 3.8) is 0 Å². The van der Waals surface area contributed by atoms with Crippen LogP contribution in [-0.4, -0.2) is 24.5 Å². The summed E-state index contributed by atoms with van der Waals surface area (Å²) in [7, 11) is 0. The number of nitrogens with zero attached hydrogens (tertiary/aromatic N) is 1. The summed E-state index contributed by atoms with van der Waals surface area (Å²) in [5, 5.41) is 2.24. The van der Waals surface area contributed by atoms with E-state index in [0.29, 0.717) is 30.0 Å². The van der Waals surface area contributed by atoms with Gasteiger partial charge in [-0.2, -0.15) is 0 Å². The number of hydrogen-bond acceptors (Lipinski definition) is 4. The van der Waals surface area contributed by atoms with Gasteiger partial charge >= 0.3 is 6.03 Å². The predicted octanol–water partition coefficient (Wildman–Crippen LogP) is 3.48. The summed E-state index contributed by atoms with van der Waals surface area (Å²) in [6.45, 7) is 5.91. The molecule has 1 N–H and O–H groups in total. The quantitative estimate of drug-likeness (QED) is 0.476. The predicted molar refractivity (Wildman–Crippen MR) is 107 cm³/mol. The van der Waals surface area contributed by atoms with Gasteiger partial charge in [0.1, 0.15) is 17.9 Å². The van der Waals surface area contributed by atoms with Crippen molar-refractivity contribution < 1.29 is 19.1 Å². The SMILES string of the molecule is C=CCOc1ccc(/C=C2/C(=O)NC(=O)N(c3ccccc3CC)C2=O)cc1. The number of anilines is 1. The minimum Gasteiger partial charge on any atom is -0.490 e. The Morgan fingerprint density at radius 2 is 1.79 bits per heavy atom. The van der Waals surface area contributed by atoms with E-state index in [1.165, 1.54) is 6.08 Å². The molecule has 142 valence electrons. The molecule has 0 unspecified atom stereocenters. The van der Waals surface area contributed by atoms with E-state index in [0.717, 1.165) is 10.5 Å². The van der Waals surface area contributed by atoms with Crippen LogP contribution in [-0.2, 0) is 16.0 Å². The first kappa shape index (κ1) is 19.1. The zero-order chi connectivity index (χ0) is 20.1. The highest BCUT2D eigenvalue weighted by molar-refractivity contribution is 6.39. The zero-order valence-electron chi connectivity index (χ0n) is 15.5. The largest absolute Gasteiger partial charge is 0.490 e. The van der Waals surface area contributed by atoms with E-state index in [2.05, 4.69) is 11.9 Å². The van der Waals surface area contributed by atoms with Gasteiger partial charge in [0.25, 0.3) is 11.8 Å². The molecule has 0 aromatic heterocycles. The molecule has 2 aromatic carbocycles. The zero-order valence-corrected chi connectivity index (χ0v) is 15.5. The third kappa shape index (κ3) is 3.86. The van der Waals surface area contributed by atoms with E-state index in [-0.39, 0.29) is 5.57 Å². The second-order valence-corrected chi connectivity index (χ2v) is 6.11. The van der Waals surface area contributed by atoms with Crippen LogP contribution in [0.25, 0.3) is 6.08 Å². The Morgan fingerprint density at radius 3 is 2.46 bits per heavy atom. The Bertz CT molecular complexity index is 961. The lowest BCUT2D eigenvalue weighted by Gasteiger charge is -2.27. The van der Waals surface area contributed by atoms with Gasteiger partial charge in [-0.25, -0.2) is 9.69 Å². The van der Waals surface area contributed by atoms with E-state index in [9.17, 15) is 14.4 Å². The Hall–Kier alpha value is -3.67. The maximum Gasteiger partial charge on any atom is 0.335 e. The molecule has 1 heterocycles. The first-order valence-electron chi connectivity index (χ1n) is 8.88. The van der Waals surface area contributed by atoms with Gasteiger partial charge in [-0.3, -0.25) is 14.9 Å². The summed E-state index contributed by atoms with van der Waals surface area (Å²) < 4.78 is 5.42. The van der Waals surface area contributed by atoms with Gasteiger partial charge in [-0.1, -0.05) is 49.9 Å². The van der Waals surface area contributed by atoms with E-state index >= 15 is 0 Å². The normalized spacial score (nSPS) is 15.5. The molecule has 1 aliphatic heterocycles. The second-order valence-electron chi connectivity index (χ2n) is 6.11. The summed E-state index contributed by atoms with van der Waals surface area (Å²) in [5.41, 5.74) is 1.84. The fourth-order valence-electron chi connectivity index (χ4n) is 2.89. The van der Waals surface area contributed by atoms with Crippen LogP contribution in [0.1, 0.15) is 18.1 Å². The van der Waals surface area contributed by atoms with Crippen molar-refractivity contribution in [3.05, 3.63) is 77.9 Å². The second kappa shape index (κ2) is 8.35. The number of barbiturate groups is 1. The van der Waals surface area contributed by atoms with Crippen LogP contribution in [0.4, 0.5) is 10.5 Å². The lowest BCUT2D eigenvalue weighted by molar-refractivity contribution is -0.122. The molecule has 0 spiro atoms. The van der Waals surface area contributed by atoms with Gasteiger partial charge in [0, 0.05) is 0 Å². The number of rotatable bonds is 6. The van der Waals surface area contributed by atoms with Gasteiger partial charge < -0.3 is 4.74 Å². The molecule has 4 amide bonds. The molecule has 0 bridgehead atoms. The van der Waals surface area contributed by atoms with Crippen molar-refractivity contribution in [2.75, 3.05) is 11.5 Å². The average molecular weight is 376 g/mol. The van der Waals surface area contributed by atoms with Crippen LogP contribution in [0.15, 0.2) is 66.8 Å². The summed E-state index contributed by atoms with van der Waals surface area (Å²) >= 11 is 0. The van der Waals surface area contributed by atoms with E-state index in [1.807, 2.05) is 19.1 Å². The number of amides is 4. The molecule has 2 aromatic rings. The highest BCUT2D eigenvalue weighted by Crippen LogP contribution is 2.26. The van der Waals surface area contributed by atoms with Gasteiger partial charge in [0.2, 0.25) is 0 Å². The number of para-hydroxylation sites is 1. The third-order valence-electron chi connectivity index (χ3n) is 4.27. The van der Waals surface area contributed by atoms with Crippen molar-refractivity contribution in [3.8, 4) is 5.75 Å². The van der Waals surface area contributed by atoms with Gasteiger partial charge in [-0.05, 0) is 41.8 Å². The molecule has 6 heteroatoms. The van der Waals surface area contributed by atoms with Crippen molar-refractivity contribution in [1.29, 1.82) is 0 Å². The number of urea groups is 1. The number of ether oxygens (including phenoxy) is 1. The summed E-state index contributed by atoms with van der Waals surface area (Å²) in [6, 6.07) is 13.3. The first-order valence-corrected chi connectivity index (χ1v) is 8.88. The fourth-order valence-corrected chi connectivity index (χ4v) is 2.89. The van der Waals surface area contributed by atoms with Crippen LogP contribution in [0.2, 0.25) is 0 Å². The van der Waals surface area contributed by atoms with Gasteiger partial charge in [0.05, 0.1) is 5.69 Å².